The highest BCUT2D eigenvalue weighted by atomic mass is 35.5. The van der Waals surface area contributed by atoms with Crippen LogP contribution in [0.4, 0.5) is 5.95 Å². The maximum atomic E-state index is 5.85. The Morgan fingerprint density at radius 3 is 3.24 bits per heavy atom. The maximum Gasteiger partial charge on any atom is 0.243 e. The topological polar surface area (TPSA) is 51.5 Å². The summed E-state index contributed by atoms with van der Waals surface area (Å²) in [6.07, 6.45) is 3.43. The molecule has 0 saturated heterocycles. The number of nitrogens with one attached hydrogen (secondary N) is 1. The molecule has 0 aromatic carbocycles. The van der Waals surface area contributed by atoms with E-state index < -0.39 is 0 Å². The molecule has 0 atom stereocenters. The van der Waals surface area contributed by atoms with Gasteiger partial charge in [-0.3, -0.25) is 0 Å². The molecule has 90 valence electrons. The number of hydrogen-bond donors (Lipinski definition) is 1. The van der Waals surface area contributed by atoms with Crippen molar-refractivity contribution in [2.45, 2.75) is 0 Å². The van der Waals surface area contributed by atoms with Gasteiger partial charge in [-0.05, 0) is 12.1 Å². The molecule has 2 aromatic rings. The Morgan fingerprint density at radius 2 is 2.41 bits per heavy atom. The number of nitrogens with zero attached hydrogens (tertiary/aromatic N) is 3. The van der Waals surface area contributed by atoms with E-state index in [-0.39, 0.29) is 0 Å². The summed E-state index contributed by atoms with van der Waals surface area (Å²) in [5.41, 5.74) is 0.754. The fourth-order valence-electron chi connectivity index (χ4n) is 1.33. The van der Waals surface area contributed by atoms with Crippen LogP contribution in [0.5, 0.6) is 0 Å². The van der Waals surface area contributed by atoms with E-state index >= 15 is 0 Å². The van der Waals surface area contributed by atoms with Crippen molar-refractivity contribution in [3.8, 4) is 0 Å². The minimum absolute atomic E-state index is 0.551. The first kappa shape index (κ1) is 11.9. The summed E-state index contributed by atoms with van der Waals surface area (Å²) >= 11 is 5.85. The van der Waals surface area contributed by atoms with E-state index in [1.165, 1.54) is 0 Å². The molecule has 0 aliphatic heterocycles. The number of pyridine rings is 1. The fraction of sp³-hybridized carbons (Fsp3) is 0.273. The molecule has 6 heteroatoms. The minimum atomic E-state index is 0.551. The van der Waals surface area contributed by atoms with Crippen molar-refractivity contribution < 1.29 is 4.74 Å². The van der Waals surface area contributed by atoms with E-state index in [9.17, 15) is 0 Å². The van der Waals surface area contributed by atoms with E-state index in [2.05, 4.69) is 22.0 Å². The van der Waals surface area contributed by atoms with Crippen LogP contribution < -0.4 is 5.32 Å². The normalized spacial score (nSPS) is 10.6. The van der Waals surface area contributed by atoms with Crippen LogP contribution in [0.15, 0.2) is 31.0 Å². The molecule has 1 N–H and O–H groups in total. The molecule has 17 heavy (non-hydrogen) atoms. The maximum absolute atomic E-state index is 5.85. The summed E-state index contributed by atoms with van der Waals surface area (Å²) in [4.78, 5) is 4.28. The van der Waals surface area contributed by atoms with E-state index in [4.69, 9.17) is 16.3 Å². The lowest BCUT2D eigenvalue weighted by molar-refractivity contribution is 0.173. The zero-order valence-electron chi connectivity index (χ0n) is 9.27. The summed E-state index contributed by atoms with van der Waals surface area (Å²) < 4.78 is 6.87. The van der Waals surface area contributed by atoms with Crippen molar-refractivity contribution in [1.29, 1.82) is 0 Å². The molecule has 0 aliphatic rings. The number of anilines is 1. The first-order valence-electron chi connectivity index (χ1n) is 5.24. The Bertz CT molecular complexity index is 511. The molecule has 2 heterocycles. The van der Waals surface area contributed by atoms with Crippen molar-refractivity contribution in [3.05, 3.63) is 36.0 Å². The summed E-state index contributed by atoms with van der Waals surface area (Å²) in [5, 5.41) is 7.92. The van der Waals surface area contributed by atoms with Crippen LogP contribution in [-0.4, -0.2) is 34.4 Å². The van der Waals surface area contributed by atoms with Gasteiger partial charge >= 0.3 is 0 Å². The Balaban J connectivity index is 1.93. The molecule has 0 spiro atoms. The third-order valence-corrected chi connectivity index (χ3v) is 2.28. The second kappa shape index (κ2) is 5.65. The third kappa shape index (κ3) is 3.18. The van der Waals surface area contributed by atoms with Crippen LogP contribution >= 0.6 is 11.6 Å². The molecule has 0 amide bonds. The van der Waals surface area contributed by atoms with Crippen molar-refractivity contribution in [1.82, 2.24) is 14.6 Å². The first-order chi connectivity index (χ1) is 8.29. The van der Waals surface area contributed by atoms with Gasteiger partial charge in [-0.25, -0.2) is 4.52 Å². The quantitative estimate of drug-likeness (QED) is 0.631. The predicted octanol–water partition coefficient (Wildman–Crippen LogP) is 2.00. The molecule has 0 saturated carbocycles. The predicted molar refractivity (Wildman–Crippen MR) is 67.5 cm³/mol. The smallest absolute Gasteiger partial charge is 0.243 e. The number of halogens is 1. The lowest BCUT2D eigenvalue weighted by atomic mass is 10.5. The van der Waals surface area contributed by atoms with Crippen LogP contribution in [0.25, 0.3) is 5.65 Å². The van der Waals surface area contributed by atoms with Crippen molar-refractivity contribution >= 4 is 23.2 Å². The molecular weight excluding hydrogens is 240 g/mol. The molecule has 0 unspecified atom stereocenters. The van der Waals surface area contributed by atoms with Gasteiger partial charge in [0.25, 0.3) is 0 Å². The van der Waals surface area contributed by atoms with Gasteiger partial charge in [0.05, 0.1) is 18.2 Å². The molecular formula is C11H13ClN4O. The molecule has 0 bridgehead atoms. The van der Waals surface area contributed by atoms with Crippen LogP contribution in [0.1, 0.15) is 0 Å². The zero-order chi connectivity index (χ0) is 12.1. The van der Waals surface area contributed by atoms with Crippen molar-refractivity contribution in [2.24, 2.45) is 0 Å². The monoisotopic (exact) mass is 252 g/mol. The SMILES string of the molecule is C=CCOCCNc1nc2ccc(Cl)cn2n1. The van der Waals surface area contributed by atoms with Crippen molar-refractivity contribution in [3.63, 3.8) is 0 Å². The molecule has 0 radical (unpaired) electrons. The lowest BCUT2D eigenvalue weighted by Gasteiger charge is -2.00. The zero-order valence-corrected chi connectivity index (χ0v) is 10.0. The van der Waals surface area contributed by atoms with Crippen LogP contribution in [0.3, 0.4) is 0 Å². The summed E-state index contributed by atoms with van der Waals surface area (Å²) in [6, 6.07) is 3.59. The second-order valence-corrected chi connectivity index (χ2v) is 3.81. The number of ether oxygens (including phenoxy) is 1. The molecule has 5 nitrogen and oxygen atoms in total. The summed E-state index contributed by atoms with van der Waals surface area (Å²) in [5.74, 6) is 0.564. The summed E-state index contributed by atoms with van der Waals surface area (Å²) in [6.45, 7) is 5.36. The Labute approximate surface area is 104 Å². The average molecular weight is 253 g/mol. The highest BCUT2D eigenvalue weighted by molar-refractivity contribution is 6.30. The molecule has 2 rings (SSSR count). The van der Waals surface area contributed by atoms with Gasteiger partial charge in [0.2, 0.25) is 5.95 Å². The van der Waals surface area contributed by atoms with Crippen LogP contribution in [0.2, 0.25) is 5.02 Å². The lowest BCUT2D eigenvalue weighted by Crippen LogP contribution is -2.10. The largest absolute Gasteiger partial charge is 0.376 e. The van der Waals surface area contributed by atoms with E-state index in [1.54, 1.807) is 22.9 Å². The Kier molecular flexibility index (Phi) is 3.95. The fourth-order valence-corrected chi connectivity index (χ4v) is 1.49. The molecule has 0 fully saturated rings. The summed E-state index contributed by atoms with van der Waals surface area (Å²) in [7, 11) is 0. The number of rotatable bonds is 6. The highest BCUT2D eigenvalue weighted by Crippen LogP contribution is 2.11. The third-order valence-electron chi connectivity index (χ3n) is 2.06. The average Bonchev–Trinajstić information content (AvgIpc) is 2.70. The van der Waals surface area contributed by atoms with Crippen LogP contribution in [0, 0.1) is 0 Å². The van der Waals surface area contributed by atoms with Gasteiger partial charge in [0.15, 0.2) is 5.65 Å². The standard InChI is InChI=1S/C11H13ClN4O/c1-2-6-17-7-5-13-11-14-10-4-3-9(12)8-16(10)15-11/h2-4,8H,1,5-7H2,(H,13,15). The second-order valence-electron chi connectivity index (χ2n) is 3.38. The van der Waals surface area contributed by atoms with Gasteiger partial charge in [-0.2, -0.15) is 4.98 Å². The first-order valence-corrected chi connectivity index (χ1v) is 5.62. The molecule has 2 aromatic heterocycles. The Morgan fingerprint density at radius 1 is 1.53 bits per heavy atom. The van der Waals surface area contributed by atoms with E-state index in [0.29, 0.717) is 30.7 Å². The van der Waals surface area contributed by atoms with Gasteiger partial charge in [0.1, 0.15) is 0 Å². The van der Waals surface area contributed by atoms with Gasteiger partial charge in [0, 0.05) is 12.7 Å². The Hall–Kier alpha value is -1.59. The molecule has 0 aliphatic carbocycles. The van der Waals surface area contributed by atoms with E-state index in [1.807, 2.05) is 6.07 Å². The van der Waals surface area contributed by atoms with E-state index in [0.717, 1.165) is 5.65 Å². The number of aromatic nitrogens is 3. The highest BCUT2D eigenvalue weighted by Gasteiger charge is 2.02. The van der Waals surface area contributed by atoms with Crippen molar-refractivity contribution in [2.75, 3.05) is 25.1 Å². The van der Waals surface area contributed by atoms with Gasteiger partial charge in [-0.1, -0.05) is 17.7 Å². The number of hydrogen-bond acceptors (Lipinski definition) is 4. The van der Waals surface area contributed by atoms with Gasteiger partial charge in [-0.15, -0.1) is 11.7 Å². The van der Waals surface area contributed by atoms with Gasteiger partial charge < -0.3 is 10.1 Å². The minimum Gasteiger partial charge on any atom is -0.376 e. The number of fused-ring (bicyclic) bond motifs is 1. The van der Waals surface area contributed by atoms with Crippen LogP contribution in [-0.2, 0) is 4.74 Å².